The summed E-state index contributed by atoms with van der Waals surface area (Å²) in [5, 5.41) is 3.95. The number of sulfonamides is 1. The Hall–Kier alpha value is -3.89. The van der Waals surface area contributed by atoms with Crippen LogP contribution in [0.1, 0.15) is 23.5 Å². The molecular formula is C26H25N5O3S2. The summed E-state index contributed by atoms with van der Waals surface area (Å²) in [5.41, 5.74) is 3.90. The molecule has 184 valence electrons. The molecule has 3 heterocycles. The van der Waals surface area contributed by atoms with E-state index in [0.29, 0.717) is 22.2 Å². The number of anilines is 2. The Kier molecular flexibility index (Phi) is 6.38. The summed E-state index contributed by atoms with van der Waals surface area (Å²) >= 11 is 5.83. The van der Waals surface area contributed by atoms with E-state index in [1.165, 1.54) is 7.11 Å². The van der Waals surface area contributed by atoms with Crippen LogP contribution in [-0.2, 0) is 10.0 Å². The first-order valence-electron chi connectivity index (χ1n) is 11.2. The maximum atomic E-state index is 12.0. The number of methoxy groups -OCH3 is 1. The maximum Gasteiger partial charge on any atom is 0.229 e. The quantitative estimate of drug-likeness (QED) is 0.349. The van der Waals surface area contributed by atoms with Gasteiger partial charge in [0.2, 0.25) is 10.0 Å². The molecule has 36 heavy (non-hydrogen) atoms. The third kappa shape index (κ3) is 4.65. The SMILES string of the molecule is COc1ccc(N2C(=S)N[C@H](c3ccccn3)[C@H]2c2cccn2-c2ccccc2)cc1NS(C)(=O)=O. The van der Waals surface area contributed by atoms with E-state index < -0.39 is 10.0 Å². The second-order valence-electron chi connectivity index (χ2n) is 8.39. The normalized spacial score (nSPS) is 17.6. The van der Waals surface area contributed by atoms with E-state index in [1.54, 1.807) is 18.3 Å². The highest BCUT2D eigenvalue weighted by Crippen LogP contribution is 2.43. The van der Waals surface area contributed by atoms with Crippen LogP contribution in [0.4, 0.5) is 11.4 Å². The third-order valence-electron chi connectivity index (χ3n) is 5.97. The number of thiocarbonyl (C=S) groups is 1. The number of aromatic nitrogens is 2. The van der Waals surface area contributed by atoms with Crippen LogP contribution in [0.25, 0.3) is 5.69 Å². The van der Waals surface area contributed by atoms with Crippen LogP contribution in [-0.4, -0.2) is 36.4 Å². The molecule has 2 N–H and O–H groups in total. The van der Waals surface area contributed by atoms with Crippen LogP contribution >= 0.6 is 12.2 Å². The predicted octanol–water partition coefficient (Wildman–Crippen LogP) is 4.43. The number of ether oxygens (including phenoxy) is 1. The molecule has 0 unspecified atom stereocenters. The zero-order valence-corrected chi connectivity index (χ0v) is 21.3. The van der Waals surface area contributed by atoms with Crippen LogP contribution in [0.2, 0.25) is 0 Å². The summed E-state index contributed by atoms with van der Waals surface area (Å²) in [7, 11) is -2.03. The molecule has 0 spiro atoms. The number of benzene rings is 2. The second kappa shape index (κ2) is 9.63. The smallest absolute Gasteiger partial charge is 0.229 e. The number of hydrogen-bond acceptors (Lipinski definition) is 5. The lowest BCUT2D eigenvalue weighted by Gasteiger charge is -2.29. The molecule has 1 fully saturated rings. The summed E-state index contributed by atoms with van der Waals surface area (Å²) in [6, 6.07) is 24.7. The van der Waals surface area contributed by atoms with Crippen LogP contribution in [0, 0.1) is 0 Å². The summed E-state index contributed by atoms with van der Waals surface area (Å²) in [6.07, 6.45) is 4.88. The van der Waals surface area contributed by atoms with Crippen molar-refractivity contribution in [3.8, 4) is 11.4 Å². The van der Waals surface area contributed by atoms with Gasteiger partial charge in [0, 0.05) is 29.5 Å². The van der Waals surface area contributed by atoms with Gasteiger partial charge in [-0.3, -0.25) is 9.71 Å². The Morgan fingerprint density at radius 2 is 1.78 bits per heavy atom. The summed E-state index contributed by atoms with van der Waals surface area (Å²) in [5.74, 6) is 0.410. The van der Waals surface area contributed by atoms with E-state index >= 15 is 0 Å². The standard InChI is InChI=1S/C26H25N5O3S2/c1-34-23-14-13-19(17-21(23)29-36(2,32)33)31-25(24(28-26(31)35)20-11-6-7-15-27-20)22-12-8-16-30(22)18-9-4-3-5-10-18/h3-17,24-25,29H,1-2H3,(H,28,35)/t24-,25-/m1/s1. The van der Waals surface area contributed by atoms with Gasteiger partial charge in [0.25, 0.3) is 0 Å². The largest absolute Gasteiger partial charge is 0.495 e. The molecule has 1 aliphatic rings. The highest BCUT2D eigenvalue weighted by atomic mass is 32.2. The highest BCUT2D eigenvalue weighted by Gasteiger charge is 2.42. The topological polar surface area (TPSA) is 88.5 Å². The van der Waals surface area contributed by atoms with Gasteiger partial charge in [-0.15, -0.1) is 0 Å². The number of nitrogens with zero attached hydrogens (tertiary/aromatic N) is 3. The Morgan fingerprint density at radius 1 is 1.00 bits per heavy atom. The number of para-hydroxylation sites is 1. The second-order valence-corrected chi connectivity index (χ2v) is 10.5. The first kappa shape index (κ1) is 23.8. The average Bonchev–Trinajstić information content (AvgIpc) is 3.48. The van der Waals surface area contributed by atoms with E-state index in [1.807, 2.05) is 71.8 Å². The fourth-order valence-corrected chi connectivity index (χ4v) is 5.42. The Bertz CT molecular complexity index is 1490. The van der Waals surface area contributed by atoms with Gasteiger partial charge in [-0.25, -0.2) is 8.42 Å². The fraction of sp³-hybridized carbons (Fsp3) is 0.154. The molecule has 0 saturated carbocycles. The molecule has 0 amide bonds. The molecule has 0 bridgehead atoms. The lowest BCUT2D eigenvalue weighted by Crippen LogP contribution is -2.30. The van der Waals surface area contributed by atoms with Crippen molar-refractivity contribution in [2.45, 2.75) is 12.1 Å². The Labute approximate surface area is 215 Å². The van der Waals surface area contributed by atoms with Crippen molar-refractivity contribution >= 4 is 38.7 Å². The third-order valence-corrected chi connectivity index (χ3v) is 6.88. The average molecular weight is 520 g/mol. The van der Waals surface area contributed by atoms with Crippen molar-refractivity contribution < 1.29 is 13.2 Å². The first-order valence-corrected chi connectivity index (χ1v) is 13.5. The molecule has 4 aromatic rings. The van der Waals surface area contributed by atoms with Crippen molar-refractivity contribution in [2.75, 3.05) is 23.0 Å². The van der Waals surface area contributed by atoms with Crippen molar-refractivity contribution in [3.05, 3.63) is 103 Å². The van der Waals surface area contributed by atoms with Crippen LogP contribution < -0.4 is 19.7 Å². The number of hydrogen-bond donors (Lipinski definition) is 2. The summed E-state index contributed by atoms with van der Waals surface area (Å²) in [4.78, 5) is 6.61. The zero-order valence-electron chi connectivity index (χ0n) is 19.7. The molecular weight excluding hydrogens is 494 g/mol. The van der Waals surface area contributed by atoms with Crippen LogP contribution in [0.3, 0.4) is 0 Å². The summed E-state index contributed by atoms with van der Waals surface area (Å²) < 4.78 is 34.1. The molecule has 1 aliphatic heterocycles. The molecule has 0 radical (unpaired) electrons. The molecule has 2 atom stereocenters. The maximum absolute atomic E-state index is 12.0. The van der Waals surface area contributed by atoms with Gasteiger partial charge < -0.3 is 19.5 Å². The Balaban J connectivity index is 1.67. The minimum absolute atomic E-state index is 0.246. The number of rotatable bonds is 7. The fourth-order valence-electron chi connectivity index (χ4n) is 4.52. The number of nitrogens with one attached hydrogen (secondary N) is 2. The summed E-state index contributed by atoms with van der Waals surface area (Å²) in [6.45, 7) is 0. The van der Waals surface area contributed by atoms with Crippen LogP contribution in [0.15, 0.2) is 91.3 Å². The van der Waals surface area contributed by atoms with Crippen molar-refractivity contribution in [3.63, 3.8) is 0 Å². The van der Waals surface area contributed by atoms with Crippen LogP contribution in [0.5, 0.6) is 5.75 Å². The minimum atomic E-state index is -3.53. The lowest BCUT2D eigenvalue weighted by molar-refractivity contribution is 0.417. The lowest BCUT2D eigenvalue weighted by atomic mass is 10.0. The van der Waals surface area contributed by atoms with E-state index in [4.69, 9.17) is 17.0 Å². The van der Waals surface area contributed by atoms with Gasteiger partial charge in [0.1, 0.15) is 11.8 Å². The van der Waals surface area contributed by atoms with Crippen molar-refractivity contribution in [1.82, 2.24) is 14.9 Å². The number of pyridine rings is 1. The van der Waals surface area contributed by atoms with E-state index in [-0.39, 0.29) is 12.1 Å². The van der Waals surface area contributed by atoms with E-state index in [0.717, 1.165) is 23.3 Å². The molecule has 0 aliphatic carbocycles. The minimum Gasteiger partial charge on any atom is -0.495 e. The highest BCUT2D eigenvalue weighted by molar-refractivity contribution is 7.92. The molecule has 10 heteroatoms. The molecule has 8 nitrogen and oxygen atoms in total. The van der Waals surface area contributed by atoms with Crippen molar-refractivity contribution in [2.24, 2.45) is 0 Å². The first-order chi connectivity index (χ1) is 17.4. The van der Waals surface area contributed by atoms with Gasteiger partial charge in [0.05, 0.1) is 30.8 Å². The Morgan fingerprint density at radius 3 is 2.47 bits per heavy atom. The molecule has 2 aromatic carbocycles. The van der Waals surface area contributed by atoms with Gasteiger partial charge in [-0.2, -0.15) is 0 Å². The van der Waals surface area contributed by atoms with Gasteiger partial charge in [-0.1, -0.05) is 24.3 Å². The van der Waals surface area contributed by atoms with Gasteiger partial charge in [-0.05, 0) is 66.8 Å². The zero-order chi connectivity index (χ0) is 25.3. The molecule has 2 aromatic heterocycles. The molecule has 5 rings (SSSR count). The monoisotopic (exact) mass is 519 g/mol. The van der Waals surface area contributed by atoms with E-state index in [9.17, 15) is 8.42 Å². The van der Waals surface area contributed by atoms with Gasteiger partial charge >= 0.3 is 0 Å². The predicted molar refractivity (Wildman–Crippen MR) is 145 cm³/mol. The van der Waals surface area contributed by atoms with Gasteiger partial charge in [0.15, 0.2) is 5.11 Å². The molecule has 1 saturated heterocycles. The van der Waals surface area contributed by atoms with E-state index in [2.05, 4.69) is 25.7 Å². The van der Waals surface area contributed by atoms with Crippen molar-refractivity contribution in [1.29, 1.82) is 0 Å².